The van der Waals surface area contributed by atoms with E-state index < -0.39 is 0 Å². The van der Waals surface area contributed by atoms with Gasteiger partial charge in [-0.25, -0.2) is 4.98 Å². The van der Waals surface area contributed by atoms with Gasteiger partial charge in [0, 0.05) is 6.42 Å². The quantitative estimate of drug-likeness (QED) is 0.766. The molecule has 0 aliphatic carbocycles. The third-order valence-corrected chi connectivity index (χ3v) is 3.13. The molecule has 0 saturated heterocycles. The van der Waals surface area contributed by atoms with Crippen molar-refractivity contribution in [3.05, 3.63) is 65.2 Å². The highest BCUT2D eigenvalue weighted by Gasteiger charge is 2.10. The van der Waals surface area contributed by atoms with Gasteiger partial charge in [0.15, 0.2) is 5.15 Å². The van der Waals surface area contributed by atoms with E-state index in [4.69, 9.17) is 11.6 Å². The molecular formula is C14H11ClN2O. The maximum absolute atomic E-state index is 9.54. The zero-order valence-corrected chi connectivity index (χ0v) is 10.3. The molecule has 0 aliphatic heterocycles. The van der Waals surface area contributed by atoms with Crippen LogP contribution in [0.25, 0.3) is 5.52 Å². The molecule has 0 unspecified atom stereocenters. The van der Waals surface area contributed by atoms with E-state index in [0.29, 0.717) is 11.6 Å². The van der Waals surface area contributed by atoms with Crippen molar-refractivity contribution in [2.45, 2.75) is 6.42 Å². The molecule has 18 heavy (non-hydrogen) atoms. The van der Waals surface area contributed by atoms with Crippen LogP contribution in [0.2, 0.25) is 5.15 Å². The van der Waals surface area contributed by atoms with Crippen molar-refractivity contribution in [1.82, 2.24) is 9.38 Å². The van der Waals surface area contributed by atoms with Crippen molar-refractivity contribution >= 4 is 17.1 Å². The molecule has 3 nitrogen and oxygen atoms in total. The lowest BCUT2D eigenvalue weighted by Crippen LogP contribution is -1.95. The highest BCUT2D eigenvalue weighted by atomic mass is 35.5. The van der Waals surface area contributed by atoms with Gasteiger partial charge in [-0.2, -0.15) is 0 Å². The van der Waals surface area contributed by atoms with Crippen molar-refractivity contribution in [3.63, 3.8) is 0 Å². The number of fused-ring (bicyclic) bond motifs is 1. The fourth-order valence-electron chi connectivity index (χ4n) is 2.00. The molecule has 0 atom stereocenters. The van der Waals surface area contributed by atoms with E-state index in [2.05, 4.69) is 4.98 Å². The maximum Gasteiger partial charge on any atom is 0.155 e. The van der Waals surface area contributed by atoms with Gasteiger partial charge in [-0.3, -0.25) is 4.40 Å². The van der Waals surface area contributed by atoms with Crippen LogP contribution < -0.4 is 0 Å². The standard InChI is InChI=1S/C14H11ClN2O/c15-14-12-7-6-11(18)9-17(12)13(16-14)8-10-4-2-1-3-5-10/h1-7,9,18H,8H2. The Morgan fingerprint density at radius 1 is 1.11 bits per heavy atom. The van der Waals surface area contributed by atoms with Gasteiger partial charge < -0.3 is 5.11 Å². The third-order valence-electron chi connectivity index (χ3n) is 2.85. The Hall–Kier alpha value is -2.00. The van der Waals surface area contributed by atoms with Crippen molar-refractivity contribution < 1.29 is 5.11 Å². The van der Waals surface area contributed by atoms with Crippen LogP contribution in [0.3, 0.4) is 0 Å². The molecule has 2 aromatic heterocycles. The average Bonchev–Trinajstić information content (AvgIpc) is 2.67. The van der Waals surface area contributed by atoms with Gasteiger partial charge in [-0.05, 0) is 17.7 Å². The van der Waals surface area contributed by atoms with Gasteiger partial charge in [0.2, 0.25) is 0 Å². The first-order valence-electron chi connectivity index (χ1n) is 5.63. The fourth-order valence-corrected chi connectivity index (χ4v) is 2.25. The molecule has 0 radical (unpaired) electrons. The van der Waals surface area contributed by atoms with E-state index >= 15 is 0 Å². The highest BCUT2D eigenvalue weighted by molar-refractivity contribution is 6.32. The van der Waals surface area contributed by atoms with Crippen molar-refractivity contribution in [2.24, 2.45) is 0 Å². The normalized spacial score (nSPS) is 10.9. The van der Waals surface area contributed by atoms with Crippen LogP contribution in [0.5, 0.6) is 5.75 Å². The largest absolute Gasteiger partial charge is 0.506 e. The summed E-state index contributed by atoms with van der Waals surface area (Å²) < 4.78 is 1.82. The fraction of sp³-hybridized carbons (Fsp3) is 0.0714. The predicted octanol–water partition coefficient (Wildman–Crippen LogP) is 3.28. The summed E-state index contributed by atoms with van der Waals surface area (Å²) in [7, 11) is 0. The topological polar surface area (TPSA) is 37.5 Å². The van der Waals surface area contributed by atoms with Gasteiger partial charge in [-0.1, -0.05) is 41.9 Å². The summed E-state index contributed by atoms with van der Waals surface area (Å²) >= 11 is 6.08. The summed E-state index contributed by atoms with van der Waals surface area (Å²) in [6.07, 6.45) is 2.31. The highest BCUT2D eigenvalue weighted by Crippen LogP contribution is 2.22. The van der Waals surface area contributed by atoms with Gasteiger partial charge in [0.25, 0.3) is 0 Å². The van der Waals surface area contributed by atoms with Crippen LogP contribution in [0, 0.1) is 0 Å². The van der Waals surface area contributed by atoms with Crippen LogP contribution >= 0.6 is 11.6 Å². The maximum atomic E-state index is 9.54. The number of pyridine rings is 1. The van der Waals surface area contributed by atoms with E-state index in [-0.39, 0.29) is 5.75 Å². The van der Waals surface area contributed by atoms with Crippen molar-refractivity contribution in [2.75, 3.05) is 0 Å². The smallest absolute Gasteiger partial charge is 0.155 e. The lowest BCUT2D eigenvalue weighted by atomic mass is 10.1. The molecular weight excluding hydrogens is 248 g/mol. The zero-order chi connectivity index (χ0) is 12.5. The second kappa shape index (κ2) is 4.35. The monoisotopic (exact) mass is 258 g/mol. The Bertz CT molecular complexity index is 692. The number of aromatic nitrogens is 2. The summed E-state index contributed by atoms with van der Waals surface area (Å²) in [5.41, 5.74) is 1.96. The molecule has 1 N–H and O–H groups in total. The second-order valence-electron chi connectivity index (χ2n) is 4.12. The van der Waals surface area contributed by atoms with Crippen LogP contribution in [-0.4, -0.2) is 14.5 Å². The molecule has 2 heterocycles. The predicted molar refractivity (Wildman–Crippen MR) is 71.1 cm³/mol. The summed E-state index contributed by atoms with van der Waals surface area (Å²) in [5.74, 6) is 1.02. The van der Waals surface area contributed by atoms with Gasteiger partial charge in [-0.15, -0.1) is 0 Å². The van der Waals surface area contributed by atoms with Crippen molar-refractivity contribution in [3.8, 4) is 5.75 Å². The molecule has 0 saturated carbocycles. The number of aromatic hydroxyl groups is 1. The molecule has 0 fully saturated rings. The number of benzene rings is 1. The summed E-state index contributed by atoms with van der Waals surface area (Å²) in [5, 5.41) is 10.00. The number of rotatable bonds is 2. The molecule has 1 aromatic carbocycles. The Balaban J connectivity index is 2.09. The molecule has 3 rings (SSSR count). The average molecular weight is 259 g/mol. The molecule has 4 heteroatoms. The van der Waals surface area contributed by atoms with Crippen LogP contribution in [0.15, 0.2) is 48.7 Å². The Labute approximate surface area is 109 Å². The van der Waals surface area contributed by atoms with E-state index in [1.54, 1.807) is 18.3 Å². The summed E-state index contributed by atoms with van der Waals surface area (Å²) in [6.45, 7) is 0. The van der Waals surface area contributed by atoms with E-state index in [0.717, 1.165) is 16.9 Å². The zero-order valence-electron chi connectivity index (χ0n) is 9.55. The molecule has 0 bridgehead atoms. The molecule has 0 spiro atoms. The van der Waals surface area contributed by atoms with Gasteiger partial charge in [0.05, 0.1) is 11.7 Å². The summed E-state index contributed by atoms with van der Waals surface area (Å²) in [6, 6.07) is 13.4. The minimum Gasteiger partial charge on any atom is -0.506 e. The number of hydrogen-bond donors (Lipinski definition) is 1. The SMILES string of the molecule is Oc1ccc2c(Cl)nc(Cc3ccccc3)n2c1. The van der Waals surface area contributed by atoms with E-state index in [9.17, 15) is 5.11 Å². The number of hydrogen-bond acceptors (Lipinski definition) is 2. The Morgan fingerprint density at radius 2 is 1.89 bits per heavy atom. The molecule has 0 aliphatic rings. The van der Waals surface area contributed by atoms with E-state index in [1.165, 1.54) is 0 Å². The summed E-state index contributed by atoms with van der Waals surface area (Å²) in [4.78, 5) is 4.34. The lowest BCUT2D eigenvalue weighted by Gasteiger charge is -2.02. The third kappa shape index (κ3) is 1.93. The molecule has 3 aromatic rings. The van der Waals surface area contributed by atoms with Crippen molar-refractivity contribution in [1.29, 1.82) is 0 Å². The van der Waals surface area contributed by atoms with Crippen LogP contribution in [0.1, 0.15) is 11.4 Å². The van der Waals surface area contributed by atoms with Crippen LogP contribution in [0.4, 0.5) is 0 Å². The Morgan fingerprint density at radius 3 is 2.67 bits per heavy atom. The van der Waals surface area contributed by atoms with Crippen LogP contribution in [-0.2, 0) is 6.42 Å². The lowest BCUT2D eigenvalue weighted by molar-refractivity contribution is 0.471. The second-order valence-corrected chi connectivity index (χ2v) is 4.48. The minimum absolute atomic E-state index is 0.200. The first-order valence-corrected chi connectivity index (χ1v) is 6.01. The molecule has 0 amide bonds. The van der Waals surface area contributed by atoms with Gasteiger partial charge >= 0.3 is 0 Å². The van der Waals surface area contributed by atoms with Gasteiger partial charge in [0.1, 0.15) is 11.6 Å². The number of halogens is 1. The molecule has 90 valence electrons. The minimum atomic E-state index is 0.200. The first-order chi connectivity index (χ1) is 8.74. The van der Waals surface area contributed by atoms with E-state index in [1.807, 2.05) is 34.7 Å². The number of imidazole rings is 1. The Kier molecular flexibility index (Phi) is 2.68. The number of nitrogens with zero attached hydrogens (tertiary/aromatic N) is 2. The first kappa shape index (κ1) is 11.1.